The summed E-state index contributed by atoms with van der Waals surface area (Å²) < 4.78 is 25.4. The summed E-state index contributed by atoms with van der Waals surface area (Å²) in [5.41, 5.74) is 1.11. The highest BCUT2D eigenvalue weighted by Crippen LogP contribution is 2.21. The van der Waals surface area contributed by atoms with Crippen LogP contribution in [-0.4, -0.2) is 25.8 Å². The van der Waals surface area contributed by atoms with Gasteiger partial charge in [-0.1, -0.05) is 11.6 Å². The maximum Gasteiger partial charge on any atom is 0.244 e. The second kappa shape index (κ2) is 3.49. The lowest BCUT2D eigenvalue weighted by atomic mass is 10.3. The van der Waals surface area contributed by atoms with E-state index >= 15 is 0 Å². The van der Waals surface area contributed by atoms with Crippen molar-refractivity contribution < 1.29 is 8.42 Å². The number of nitrogens with zero attached hydrogens (tertiary/aromatic N) is 1. The molecular formula is C9H11NO2S2. The first-order valence-electron chi connectivity index (χ1n) is 4.29. The first-order valence-corrected chi connectivity index (χ1v) is 6.67. The summed E-state index contributed by atoms with van der Waals surface area (Å²) in [6.45, 7) is 2.98. The molecular weight excluding hydrogens is 218 g/mol. The van der Waals surface area contributed by atoms with Crippen LogP contribution in [0, 0.1) is 0 Å². The van der Waals surface area contributed by atoms with E-state index in [0.717, 1.165) is 5.57 Å². The SMILES string of the molecule is CC1=CCN(S(=O)(=O)c2ccsc2)C1. The van der Waals surface area contributed by atoms with E-state index in [2.05, 4.69) is 0 Å². The Morgan fingerprint density at radius 1 is 1.50 bits per heavy atom. The number of sulfonamides is 1. The van der Waals surface area contributed by atoms with E-state index in [1.807, 2.05) is 13.0 Å². The van der Waals surface area contributed by atoms with Gasteiger partial charge in [0.2, 0.25) is 10.0 Å². The van der Waals surface area contributed by atoms with Gasteiger partial charge in [-0.25, -0.2) is 8.42 Å². The van der Waals surface area contributed by atoms with Gasteiger partial charge >= 0.3 is 0 Å². The molecule has 1 aromatic heterocycles. The van der Waals surface area contributed by atoms with Crippen LogP contribution < -0.4 is 0 Å². The maximum atomic E-state index is 11.9. The summed E-state index contributed by atoms with van der Waals surface area (Å²) in [6.07, 6.45) is 1.95. The number of thiophene rings is 1. The van der Waals surface area contributed by atoms with E-state index in [1.165, 1.54) is 15.6 Å². The molecule has 0 bridgehead atoms. The summed E-state index contributed by atoms with van der Waals surface area (Å²) in [6, 6.07) is 1.65. The largest absolute Gasteiger partial charge is 0.244 e. The third-order valence-corrected chi connectivity index (χ3v) is 4.84. The highest BCUT2D eigenvalue weighted by Gasteiger charge is 2.26. The smallest absolute Gasteiger partial charge is 0.207 e. The minimum Gasteiger partial charge on any atom is -0.207 e. The molecule has 0 N–H and O–H groups in total. The van der Waals surface area contributed by atoms with E-state index in [4.69, 9.17) is 0 Å². The summed E-state index contributed by atoms with van der Waals surface area (Å²) in [7, 11) is -3.24. The van der Waals surface area contributed by atoms with Crippen LogP contribution in [0.4, 0.5) is 0 Å². The zero-order valence-corrected chi connectivity index (χ0v) is 9.44. The minimum absolute atomic E-state index is 0.408. The molecule has 1 aromatic rings. The Bertz CT molecular complexity index is 445. The van der Waals surface area contributed by atoms with Crippen molar-refractivity contribution >= 4 is 21.4 Å². The summed E-state index contributed by atoms with van der Waals surface area (Å²) >= 11 is 1.40. The molecule has 0 unspecified atom stereocenters. The van der Waals surface area contributed by atoms with Crippen molar-refractivity contribution in [3.05, 3.63) is 28.5 Å². The Morgan fingerprint density at radius 3 is 2.79 bits per heavy atom. The standard InChI is InChI=1S/C9H11NO2S2/c1-8-2-4-10(6-8)14(11,12)9-3-5-13-7-9/h2-3,5,7H,4,6H2,1H3. The average molecular weight is 229 g/mol. The predicted octanol–water partition coefficient (Wildman–Crippen LogP) is 1.70. The van der Waals surface area contributed by atoms with Crippen LogP contribution in [0.5, 0.6) is 0 Å². The molecule has 5 heteroatoms. The molecule has 0 spiro atoms. The summed E-state index contributed by atoms with van der Waals surface area (Å²) in [5, 5.41) is 3.45. The second-order valence-electron chi connectivity index (χ2n) is 3.31. The first-order chi connectivity index (χ1) is 6.60. The van der Waals surface area contributed by atoms with Gasteiger partial charge in [0.05, 0.1) is 4.90 Å². The van der Waals surface area contributed by atoms with Crippen molar-refractivity contribution in [2.45, 2.75) is 11.8 Å². The van der Waals surface area contributed by atoms with Crippen LogP contribution in [0.25, 0.3) is 0 Å². The van der Waals surface area contributed by atoms with Gasteiger partial charge in [-0.15, -0.1) is 0 Å². The Balaban J connectivity index is 2.27. The van der Waals surface area contributed by atoms with E-state index in [0.29, 0.717) is 18.0 Å². The van der Waals surface area contributed by atoms with Gasteiger partial charge in [-0.3, -0.25) is 0 Å². The molecule has 0 saturated heterocycles. The molecule has 0 aromatic carbocycles. The third-order valence-electron chi connectivity index (χ3n) is 2.20. The topological polar surface area (TPSA) is 37.4 Å². The maximum absolute atomic E-state index is 11.9. The number of hydrogen-bond acceptors (Lipinski definition) is 3. The van der Waals surface area contributed by atoms with Crippen LogP contribution in [0.3, 0.4) is 0 Å². The van der Waals surface area contributed by atoms with Crippen molar-refractivity contribution in [1.82, 2.24) is 4.31 Å². The summed E-state index contributed by atoms with van der Waals surface area (Å²) in [4.78, 5) is 0.408. The van der Waals surface area contributed by atoms with Gasteiger partial charge in [0, 0.05) is 18.5 Å². The summed E-state index contributed by atoms with van der Waals surface area (Å²) in [5.74, 6) is 0. The van der Waals surface area contributed by atoms with E-state index in [9.17, 15) is 8.42 Å². The molecule has 76 valence electrons. The zero-order valence-electron chi connectivity index (χ0n) is 7.80. The molecule has 2 rings (SSSR count). The number of hydrogen-bond donors (Lipinski definition) is 0. The normalized spacial score (nSPS) is 18.5. The Hall–Kier alpha value is -0.650. The molecule has 2 heterocycles. The van der Waals surface area contributed by atoms with E-state index in [1.54, 1.807) is 16.8 Å². The molecule has 3 nitrogen and oxygen atoms in total. The van der Waals surface area contributed by atoms with Gasteiger partial charge in [0.25, 0.3) is 0 Å². The lowest BCUT2D eigenvalue weighted by Crippen LogP contribution is -2.28. The molecule has 0 radical (unpaired) electrons. The molecule has 0 fully saturated rings. The van der Waals surface area contributed by atoms with Crippen LogP contribution in [0.2, 0.25) is 0 Å². The van der Waals surface area contributed by atoms with Gasteiger partial charge in [0.15, 0.2) is 0 Å². The minimum atomic E-state index is -3.24. The Morgan fingerprint density at radius 2 is 2.29 bits per heavy atom. The van der Waals surface area contributed by atoms with Gasteiger partial charge in [-0.05, 0) is 18.4 Å². The highest BCUT2D eigenvalue weighted by molar-refractivity contribution is 7.89. The van der Waals surface area contributed by atoms with Crippen molar-refractivity contribution in [3.63, 3.8) is 0 Å². The first kappa shape index (κ1) is 9.89. The Kier molecular flexibility index (Phi) is 2.47. The highest BCUT2D eigenvalue weighted by atomic mass is 32.2. The van der Waals surface area contributed by atoms with Crippen molar-refractivity contribution in [1.29, 1.82) is 0 Å². The van der Waals surface area contributed by atoms with Crippen molar-refractivity contribution in [3.8, 4) is 0 Å². The lowest BCUT2D eigenvalue weighted by Gasteiger charge is -2.14. The van der Waals surface area contributed by atoms with Crippen molar-refractivity contribution in [2.24, 2.45) is 0 Å². The molecule has 0 amide bonds. The van der Waals surface area contributed by atoms with Crippen molar-refractivity contribution in [2.75, 3.05) is 13.1 Å². The lowest BCUT2D eigenvalue weighted by molar-refractivity contribution is 0.485. The van der Waals surface area contributed by atoms with Crippen LogP contribution in [0.15, 0.2) is 33.4 Å². The second-order valence-corrected chi connectivity index (χ2v) is 6.03. The zero-order chi connectivity index (χ0) is 10.2. The van der Waals surface area contributed by atoms with Crippen LogP contribution >= 0.6 is 11.3 Å². The van der Waals surface area contributed by atoms with Gasteiger partial charge in [0.1, 0.15) is 0 Å². The van der Waals surface area contributed by atoms with Gasteiger partial charge in [-0.2, -0.15) is 15.6 Å². The molecule has 1 aliphatic heterocycles. The quantitative estimate of drug-likeness (QED) is 0.724. The fraction of sp³-hybridized carbons (Fsp3) is 0.333. The van der Waals surface area contributed by atoms with Crippen LogP contribution in [-0.2, 0) is 10.0 Å². The number of rotatable bonds is 2. The Labute approximate surface area is 87.7 Å². The molecule has 0 saturated carbocycles. The molecule has 0 aliphatic carbocycles. The van der Waals surface area contributed by atoms with Gasteiger partial charge < -0.3 is 0 Å². The van der Waals surface area contributed by atoms with Crippen LogP contribution in [0.1, 0.15) is 6.92 Å². The monoisotopic (exact) mass is 229 g/mol. The third kappa shape index (κ3) is 1.63. The fourth-order valence-corrected chi connectivity index (χ4v) is 3.83. The molecule has 14 heavy (non-hydrogen) atoms. The molecule has 0 atom stereocenters. The average Bonchev–Trinajstić information content (AvgIpc) is 2.72. The molecule has 1 aliphatic rings. The predicted molar refractivity (Wildman–Crippen MR) is 56.8 cm³/mol. The van der Waals surface area contributed by atoms with E-state index < -0.39 is 10.0 Å². The fourth-order valence-electron chi connectivity index (χ4n) is 1.40. The van der Waals surface area contributed by atoms with E-state index in [-0.39, 0.29) is 0 Å².